The molecule has 1 unspecified atom stereocenters. The van der Waals surface area contributed by atoms with Gasteiger partial charge in [0.05, 0.1) is 6.04 Å². The van der Waals surface area contributed by atoms with Gasteiger partial charge in [-0.25, -0.2) is 0 Å². The van der Waals surface area contributed by atoms with Crippen molar-refractivity contribution in [3.63, 3.8) is 0 Å². The maximum atomic E-state index is 13.1. The maximum absolute atomic E-state index is 13.1. The molecule has 1 spiro atoms. The number of alkyl halides is 2. The lowest BCUT2D eigenvalue weighted by Crippen LogP contribution is -2.65. The molecule has 1 aromatic carbocycles. The lowest BCUT2D eigenvalue weighted by atomic mass is 9.77. The Morgan fingerprint density at radius 1 is 1.17 bits per heavy atom. The number of hydrogen-bond donors (Lipinski definition) is 1. The van der Waals surface area contributed by atoms with Crippen molar-refractivity contribution in [3.8, 4) is 11.5 Å². The molecular formula is C17H18F2N2O3. The van der Waals surface area contributed by atoms with Crippen LogP contribution in [0.3, 0.4) is 0 Å². The number of halogens is 2. The average Bonchev–Trinajstić information content (AvgIpc) is 3.26. The van der Waals surface area contributed by atoms with E-state index in [0.717, 1.165) is 38.8 Å². The largest absolute Gasteiger partial charge is 0.586 e. The predicted molar refractivity (Wildman–Crippen MR) is 80.2 cm³/mol. The van der Waals surface area contributed by atoms with E-state index in [1.807, 2.05) is 0 Å². The van der Waals surface area contributed by atoms with E-state index < -0.39 is 6.29 Å². The van der Waals surface area contributed by atoms with E-state index in [9.17, 15) is 13.6 Å². The molecule has 1 aliphatic carbocycles. The first-order valence-corrected chi connectivity index (χ1v) is 8.43. The molecule has 128 valence electrons. The summed E-state index contributed by atoms with van der Waals surface area (Å²) in [6, 6.07) is 4.33. The van der Waals surface area contributed by atoms with E-state index >= 15 is 0 Å². The number of amides is 1. The molecule has 1 N–H and O–H groups in total. The molecule has 4 fully saturated rings. The highest BCUT2D eigenvalue weighted by Crippen LogP contribution is 2.53. The van der Waals surface area contributed by atoms with Crippen molar-refractivity contribution in [3.05, 3.63) is 23.8 Å². The van der Waals surface area contributed by atoms with Gasteiger partial charge in [0.25, 0.3) is 5.91 Å². The summed E-state index contributed by atoms with van der Waals surface area (Å²) in [6.45, 7) is 2.24. The Labute approximate surface area is 137 Å². The van der Waals surface area contributed by atoms with Crippen LogP contribution in [0.25, 0.3) is 0 Å². The number of carbonyl (C=O) groups is 1. The third-order valence-electron chi connectivity index (χ3n) is 5.93. The van der Waals surface area contributed by atoms with Gasteiger partial charge in [0.2, 0.25) is 0 Å². The summed E-state index contributed by atoms with van der Waals surface area (Å²) in [7, 11) is 0. The Kier molecular flexibility index (Phi) is 2.77. The summed E-state index contributed by atoms with van der Waals surface area (Å²) in [5, 5.41) is 3.17. The van der Waals surface area contributed by atoms with Gasteiger partial charge in [-0.1, -0.05) is 0 Å². The second-order valence-electron chi connectivity index (χ2n) is 7.21. The van der Waals surface area contributed by atoms with Crippen molar-refractivity contribution in [1.29, 1.82) is 0 Å². The van der Waals surface area contributed by atoms with Gasteiger partial charge in [0, 0.05) is 11.1 Å². The van der Waals surface area contributed by atoms with Crippen molar-refractivity contribution < 1.29 is 23.0 Å². The Hall–Kier alpha value is -1.89. The molecule has 4 aliphatic heterocycles. The van der Waals surface area contributed by atoms with Gasteiger partial charge >= 0.3 is 6.29 Å². The molecule has 2 bridgehead atoms. The van der Waals surface area contributed by atoms with Gasteiger partial charge in [0.15, 0.2) is 11.5 Å². The third kappa shape index (κ3) is 2.03. The zero-order valence-electron chi connectivity index (χ0n) is 13.1. The first-order valence-electron chi connectivity index (χ1n) is 8.43. The van der Waals surface area contributed by atoms with Crippen molar-refractivity contribution in [2.75, 3.05) is 13.1 Å². The van der Waals surface area contributed by atoms with E-state index in [-0.39, 0.29) is 29.0 Å². The number of nitrogens with one attached hydrogen (secondary N) is 1. The second-order valence-corrected chi connectivity index (χ2v) is 7.21. The number of hydrogen-bond acceptors (Lipinski definition) is 4. The van der Waals surface area contributed by atoms with Gasteiger partial charge in [0.1, 0.15) is 0 Å². The maximum Gasteiger partial charge on any atom is 0.586 e. The zero-order valence-corrected chi connectivity index (χ0v) is 13.1. The molecule has 4 heterocycles. The van der Waals surface area contributed by atoms with Crippen LogP contribution in [0.15, 0.2) is 18.2 Å². The summed E-state index contributed by atoms with van der Waals surface area (Å²) in [4.78, 5) is 15.2. The van der Waals surface area contributed by atoms with Crippen molar-refractivity contribution in [2.45, 2.75) is 43.6 Å². The molecule has 7 heteroatoms. The van der Waals surface area contributed by atoms with Crippen LogP contribution in [-0.4, -0.2) is 41.8 Å². The number of carbonyl (C=O) groups excluding carboxylic acids is 1. The van der Waals surface area contributed by atoms with E-state index in [2.05, 4.69) is 19.7 Å². The normalized spacial score (nSPS) is 33.5. The second kappa shape index (κ2) is 4.59. The Morgan fingerprint density at radius 3 is 2.58 bits per heavy atom. The molecular weight excluding hydrogens is 318 g/mol. The number of piperidine rings is 3. The highest BCUT2D eigenvalue weighted by Gasteiger charge is 2.60. The zero-order chi connectivity index (χ0) is 16.5. The lowest BCUT2D eigenvalue weighted by Gasteiger charge is -2.52. The number of nitrogens with zero attached hydrogens (tertiary/aromatic N) is 1. The van der Waals surface area contributed by atoms with E-state index in [4.69, 9.17) is 0 Å². The minimum absolute atomic E-state index is 0.0435. The number of rotatable bonds is 2. The SMILES string of the molecule is O=C(NC1C2CCN(CC2)C12CC2)c1ccc2c(c1)OC(F)(F)O2. The monoisotopic (exact) mass is 336 g/mol. The van der Waals surface area contributed by atoms with Crippen LogP contribution in [-0.2, 0) is 0 Å². The van der Waals surface area contributed by atoms with Crippen molar-refractivity contribution in [2.24, 2.45) is 5.92 Å². The smallest absolute Gasteiger partial charge is 0.395 e. The quantitative estimate of drug-likeness (QED) is 0.901. The summed E-state index contributed by atoms with van der Waals surface area (Å²) in [6.07, 6.45) is 0.815. The standard InChI is InChI=1S/C17H18F2N2O3/c18-17(19)23-12-2-1-11(9-13(12)24-17)15(22)20-14-10-3-7-21(8-4-10)16(14)5-6-16/h1-2,9-10,14H,3-8H2,(H,20,22). The molecule has 3 saturated heterocycles. The van der Waals surface area contributed by atoms with Crippen LogP contribution in [0.5, 0.6) is 11.5 Å². The number of fused-ring (bicyclic) bond motifs is 3. The molecule has 1 saturated carbocycles. The molecule has 0 radical (unpaired) electrons. The van der Waals surface area contributed by atoms with Gasteiger partial charge in [-0.15, -0.1) is 8.78 Å². The van der Waals surface area contributed by atoms with Gasteiger partial charge in [-0.05, 0) is 62.9 Å². The van der Waals surface area contributed by atoms with Crippen LogP contribution >= 0.6 is 0 Å². The van der Waals surface area contributed by atoms with Crippen LogP contribution in [0.1, 0.15) is 36.0 Å². The Balaban J connectivity index is 1.37. The van der Waals surface area contributed by atoms with Crippen LogP contribution in [0.4, 0.5) is 8.78 Å². The fraction of sp³-hybridized carbons (Fsp3) is 0.588. The molecule has 24 heavy (non-hydrogen) atoms. The molecule has 1 amide bonds. The van der Waals surface area contributed by atoms with E-state index in [1.165, 1.54) is 18.2 Å². The predicted octanol–water partition coefficient (Wildman–Crippen LogP) is 2.36. The number of ether oxygens (including phenoxy) is 2. The molecule has 1 atom stereocenters. The molecule has 5 nitrogen and oxygen atoms in total. The highest BCUT2D eigenvalue weighted by molar-refractivity contribution is 5.95. The average molecular weight is 336 g/mol. The highest BCUT2D eigenvalue weighted by atomic mass is 19.3. The fourth-order valence-corrected chi connectivity index (χ4v) is 4.64. The molecule has 0 aromatic heterocycles. The lowest BCUT2D eigenvalue weighted by molar-refractivity contribution is -0.286. The topological polar surface area (TPSA) is 50.8 Å². The molecule has 1 aromatic rings. The van der Waals surface area contributed by atoms with E-state index in [1.54, 1.807) is 0 Å². The molecule has 5 aliphatic rings. The van der Waals surface area contributed by atoms with Crippen LogP contribution in [0.2, 0.25) is 0 Å². The minimum atomic E-state index is -3.66. The van der Waals surface area contributed by atoms with Gasteiger partial charge in [-0.3, -0.25) is 9.69 Å². The van der Waals surface area contributed by atoms with Crippen LogP contribution < -0.4 is 14.8 Å². The number of benzene rings is 1. The first-order chi connectivity index (χ1) is 11.5. The fourth-order valence-electron chi connectivity index (χ4n) is 4.64. The minimum Gasteiger partial charge on any atom is -0.395 e. The Morgan fingerprint density at radius 2 is 1.88 bits per heavy atom. The summed E-state index contributed by atoms with van der Waals surface area (Å²) in [5.74, 6) is 0.141. The third-order valence-corrected chi connectivity index (χ3v) is 5.93. The van der Waals surface area contributed by atoms with Gasteiger partial charge < -0.3 is 14.8 Å². The summed E-state index contributed by atoms with van der Waals surface area (Å²) >= 11 is 0. The summed E-state index contributed by atoms with van der Waals surface area (Å²) < 4.78 is 35.0. The van der Waals surface area contributed by atoms with Gasteiger partial charge in [-0.2, -0.15) is 0 Å². The van der Waals surface area contributed by atoms with E-state index in [0.29, 0.717) is 11.5 Å². The van der Waals surface area contributed by atoms with Crippen molar-refractivity contribution >= 4 is 5.91 Å². The van der Waals surface area contributed by atoms with Crippen molar-refractivity contribution in [1.82, 2.24) is 10.2 Å². The molecule has 6 rings (SSSR count). The first kappa shape index (κ1) is 14.5. The Bertz CT molecular complexity index is 712. The van der Waals surface area contributed by atoms with Crippen LogP contribution in [0, 0.1) is 5.92 Å². The summed E-state index contributed by atoms with van der Waals surface area (Å²) in [5.41, 5.74) is 0.461.